The minimum Gasteiger partial charge on any atom is -0.508 e. The Morgan fingerprint density at radius 3 is 2.30 bits per heavy atom. The highest BCUT2D eigenvalue weighted by Gasteiger charge is 2.15. The molecule has 0 radical (unpaired) electrons. The van der Waals surface area contributed by atoms with Crippen molar-refractivity contribution in [2.24, 2.45) is 0 Å². The number of benzene rings is 2. The van der Waals surface area contributed by atoms with E-state index in [0.29, 0.717) is 11.1 Å². The highest BCUT2D eigenvalue weighted by Crippen LogP contribution is 2.21. The van der Waals surface area contributed by atoms with Gasteiger partial charge in [-0.15, -0.1) is 0 Å². The van der Waals surface area contributed by atoms with E-state index in [2.05, 4.69) is 5.32 Å². The van der Waals surface area contributed by atoms with Gasteiger partial charge in [0.15, 0.2) is 0 Å². The van der Waals surface area contributed by atoms with Gasteiger partial charge in [-0.2, -0.15) is 0 Å². The first-order chi connectivity index (χ1) is 9.49. The first-order valence-corrected chi connectivity index (χ1v) is 5.92. The molecule has 3 N–H and O–H groups in total. The van der Waals surface area contributed by atoms with E-state index in [1.165, 1.54) is 30.3 Å². The number of aromatic hydroxyl groups is 1. The van der Waals surface area contributed by atoms with Crippen molar-refractivity contribution in [3.8, 4) is 5.75 Å². The Balaban J connectivity index is 2.32. The number of amides is 1. The van der Waals surface area contributed by atoms with Crippen molar-refractivity contribution in [3.05, 3.63) is 59.2 Å². The maximum Gasteiger partial charge on any atom is 0.337 e. The van der Waals surface area contributed by atoms with E-state index >= 15 is 0 Å². The minimum atomic E-state index is -1.10. The summed E-state index contributed by atoms with van der Waals surface area (Å²) in [5.41, 5.74) is 1.31. The number of nitrogens with one attached hydrogen (secondary N) is 1. The molecule has 0 aliphatic heterocycles. The number of carbonyl (C=O) groups is 2. The molecular formula is C15H13NO4. The second kappa shape index (κ2) is 5.44. The van der Waals surface area contributed by atoms with Gasteiger partial charge in [0, 0.05) is 5.56 Å². The van der Waals surface area contributed by atoms with Crippen LogP contribution in [0.1, 0.15) is 26.3 Å². The van der Waals surface area contributed by atoms with Gasteiger partial charge >= 0.3 is 5.97 Å². The quantitative estimate of drug-likeness (QED) is 0.801. The molecule has 5 heteroatoms. The van der Waals surface area contributed by atoms with Crippen molar-refractivity contribution in [1.29, 1.82) is 0 Å². The summed E-state index contributed by atoms with van der Waals surface area (Å²) in [6.07, 6.45) is 0. The Morgan fingerprint density at radius 2 is 1.70 bits per heavy atom. The Hall–Kier alpha value is -2.82. The molecule has 0 atom stereocenters. The first-order valence-electron chi connectivity index (χ1n) is 5.92. The SMILES string of the molecule is Cc1cccc(C(=O)O)c1NC(=O)c1ccc(O)cc1. The fraction of sp³-hybridized carbons (Fsp3) is 0.0667. The third-order valence-electron chi connectivity index (χ3n) is 2.87. The summed E-state index contributed by atoms with van der Waals surface area (Å²) in [4.78, 5) is 23.2. The molecule has 20 heavy (non-hydrogen) atoms. The van der Waals surface area contributed by atoms with E-state index < -0.39 is 11.9 Å². The Kier molecular flexibility index (Phi) is 3.70. The van der Waals surface area contributed by atoms with Crippen molar-refractivity contribution in [1.82, 2.24) is 0 Å². The zero-order chi connectivity index (χ0) is 14.7. The summed E-state index contributed by atoms with van der Waals surface area (Å²) in [6, 6.07) is 10.5. The Morgan fingerprint density at radius 1 is 1.05 bits per heavy atom. The smallest absolute Gasteiger partial charge is 0.337 e. The Bertz CT molecular complexity index is 662. The summed E-state index contributed by atoms with van der Waals surface area (Å²) < 4.78 is 0. The van der Waals surface area contributed by atoms with Crippen molar-refractivity contribution >= 4 is 17.6 Å². The predicted octanol–water partition coefficient (Wildman–Crippen LogP) is 2.65. The number of carboxylic acid groups (broad SMARTS) is 1. The fourth-order valence-electron chi connectivity index (χ4n) is 1.81. The number of hydrogen-bond acceptors (Lipinski definition) is 3. The summed E-state index contributed by atoms with van der Waals surface area (Å²) >= 11 is 0. The van der Waals surface area contributed by atoms with Gasteiger partial charge in [0.05, 0.1) is 11.3 Å². The molecule has 1 amide bonds. The molecule has 0 fully saturated rings. The molecule has 5 nitrogen and oxygen atoms in total. The van der Waals surface area contributed by atoms with Crippen LogP contribution < -0.4 is 5.32 Å². The number of carbonyl (C=O) groups excluding carboxylic acids is 1. The zero-order valence-corrected chi connectivity index (χ0v) is 10.8. The number of hydrogen-bond donors (Lipinski definition) is 3. The van der Waals surface area contributed by atoms with Crippen molar-refractivity contribution in [2.75, 3.05) is 5.32 Å². The lowest BCUT2D eigenvalue weighted by atomic mass is 10.1. The maximum absolute atomic E-state index is 12.1. The highest BCUT2D eigenvalue weighted by atomic mass is 16.4. The summed E-state index contributed by atoms with van der Waals surface area (Å²) in [7, 11) is 0. The predicted molar refractivity (Wildman–Crippen MR) is 74.2 cm³/mol. The van der Waals surface area contributed by atoms with Crippen LogP contribution in [-0.2, 0) is 0 Å². The number of carboxylic acids is 1. The van der Waals surface area contributed by atoms with Crippen LogP contribution >= 0.6 is 0 Å². The largest absolute Gasteiger partial charge is 0.508 e. The van der Waals surface area contributed by atoms with Gasteiger partial charge in [0.25, 0.3) is 5.91 Å². The first kappa shape index (κ1) is 13.6. The molecule has 0 bridgehead atoms. The van der Waals surface area contributed by atoms with Crippen molar-refractivity contribution in [2.45, 2.75) is 6.92 Å². The van der Waals surface area contributed by atoms with E-state index in [0.717, 1.165) is 0 Å². The molecule has 2 aromatic rings. The van der Waals surface area contributed by atoms with Crippen LogP contribution in [-0.4, -0.2) is 22.1 Å². The fourth-order valence-corrected chi connectivity index (χ4v) is 1.81. The van der Waals surface area contributed by atoms with Crippen LogP contribution in [0.2, 0.25) is 0 Å². The molecule has 2 rings (SSSR count). The Labute approximate surface area is 115 Å². The van der Waals surface area contributed by atoms with E-state index in [4.69, 9.17) is 5.11 Å². The normalized spacial score (nSPS) is 10.1. The molecule has 0 aliphatic carbocycles. The van der Waals surface area contributed by atoms with Gasteiger partial charge in [-0.1, -0.05) is 12.1 Å². The second-order valence-corrected chi connectivity index (χ2v) is 4.30. The number of rotatable bonds is 3. The molecule has 0 spiro atoms. The molecule has 0 aliphatic rings. The lowest BCUT2D eigenvalue weighted by molar-refractivity contribution is 0.0698. The van der Waals surface area contributed by atoms with Gasteiger partial charge in [-0.25, -0.2) is 4.79 Å². The summed E-state index contributed by atoms with van der Waals surface area (Å²) in [5, 5.41) is 20.9. The highest BCUT2D eigenvalue weighted by molar-refractivity contribution is 6.08. The molecule has 0 unspecified atom stereocenters. The topological polar surface area (TPSA) is 86.6 Å². The number of aryl methyl sites for hydroxylation is 1. The van der Waals surface area contributed by atoms with Gasteiger partial charge in [-0.05, 0) is 42.8 Å². The van der Waals surface area contributed by atoms with Gasteiger partial charge in [0.2, 0.25) is 0 Å². The minimum absolute atomic E-state index is 0.0390. The lowest BCUT2D eigenvalue weighted by Gasteiger charge is -2.11. The summed E-state index contributed by atoms with van der Waals surface area (Å²) in [6.45, 7) is 1.72. The maximum atomic E-state index is 12.1. The molecule has 0 heterocycles. The van der Waals surface area contributed by atoms with Gasteiger partial charge < -0.3 is 15.5 Å². The van der Waals surface area contributed by atoms with E-state index in [-0.39, 0.29) is 17.0 Å². The molecule has 0 saturated heterocycles. The van der Waals surface area contributed by atoms with Crippen LogP contribution in [0.3, 0.4) is 0 Å². The number of para-hydroxylation sites is 1. The second-order valence-electron chi connectivity index (χ2n) is 4.30. The third kappa shape index (κ3) is 2.77. The van der Waals surface area contributed by atoms with Crippen molar-refractivity contribution in [3.63, 3.8) is 0 Å². The van der Waals surface area contributed by atoms with Crippen LogP contribution in [0.25, 0.3) is 0 Å². The standard InChI is InChI=1S/C15H13NO4/c1-9-3-2-4-12(15(19)20)13(9)16-14(18)10-5-7-11(17)8-6-10/h2-8,17H,1H3,(H,16,18)(H,19,20). The average Bonchev–Trinajstić information content (AvgIpc) is 2.41. The monoisotopic (exact) mass is 271 g/mol. The van der Waals surface area contributed by atoms with E-state index in [1.807, 2.05) is 0 Å². The van der Waals surface area contributed by atoms with Crippen LogP contribution in [0.5, 0.6) is 5.75 Å². The van der Waals surface area contributed by atoms with Crippen LogP contribution in [0, 0.1) is 6.92 Å². The molecular weight excluding hydrogens is 258 g/mol. The zero-order valence-electron chi connectivity index (χ0n) is 10.8. The summed E-state index contributed by atoms with van der Waals surface area (Å²) in [5.74, 6) is -1.47. The van der Waals surface area contributed by atoms with Crippen LogP contribution in [0.4, 0.5) is 5.69 Å². The molecule has 2 aromatic carbocycles. The number of phenols is 1. The van der Waals surface area contributed by atoms with Gasteiger partial charge in [-0.3, -0.25) is 4.79 Å². The molecule has 0 saturated carbocycles. The van der Waals surface area contributed by atoms with E-state index in [1.54, 1.807) is 19.1 Å². The number of anilines is 1. The van der Waals surface area contributed by atoms with E-state index in [9.17, 15) is 14.7 Å². The van der Waals surface area contributed by atoms with Gasteiger partial charge in [0.1, 0.15) is 5.75 Å². The number of aromatic carboxylic acids is 1. The third-order valence-corrected chi connectivity index (χ3v) is 2.87. The van der Waals surface area contributed by atoms with Crippen molar-refractivity contribution < 1.29 is 19.8 Å². The number of phenolic OH excluding ortho intramolecular Hbond substituents is 1. The average molecular weight is 271 g/mol. The molecule has 0 aromatic heterocycles. The van der Waals surface area contributed by atoms with Crippen LogP contribution in [0.15, 0.2) is 42.5 Å². The molecule has 102 valence electrons. The lowest BCUT2D eigenvalue weighted by Crippen LogP contribution is -2.15.